The number of nitrogens with one attached hydrogen (secondary N) is 1. The highest BCUT2D eigenvalue weighted by Gasteiger charge is 2.25. The summed E-state index contributed by atoms with van der Waals surface area (Å²) < 4.78 is 0. The summed E-state index contributed by atoms with van der Waals surface area (Å²) in [5, 5.41) is 13.5. The van der Waals surface area contributed by atoms with Gasteiger partial charge in [-0.25, -0.2) is 0 Å². The van der Waals surface area contributed by atoms with E-state index in [-0.39, 0.29) is 17.2 Å². The molecule has 3 heteroatoms. The van der Waals surface area contributed by atoms with Gasteiger partial charge in [0.05, 0.1) is 5.69 Å². The summed E-state index contributed by atoms with van der Waals surface area (Å²) in [5.41, 5.74) is 2.93. The highest BCUT2D eigenvalue weighted by molar-refractivity contribution is 5.28. The first-order valence-corrected chi connectivity index (χ1v) is 7.32. The highest BCUT2D eigenvalue weighted by atomic mass is 16.3. The molecule has 112 valence electrons. The Kier molecular flexibility index (Phi) is 4.63. The maximum atomic E-state index is 9.92. The third kappa shape index (κ3) is 4.05. The molecular formula is C18H24N2O. The van der Waals surface area contributed by atoms with Crippen LogP contribution in [-0.2, 0) is 6.54 Å². The van der Waals surface area contributed by atoms with Gasteiger partial charge in [-0.3, -0.25) is 4.98 Å². The first-order chi connectivity index (χ1) is 9.88. The van der Waals surface area contributed by atoms with Gasteiger partial charge in [0, 0.05) is 18.3 Å². The van der Waals surface area contributed by atoms with E-state index in [1.807, 2.05) is 19.1 Å². The maximum Gasteiger partial charge on any atom is 0.138 e. The van der Waals surface area contributed by atoms with Crippen LogP contribution in [0.15, 0.2) is 42.5 Å². The van der Waals surface area contributed by atoms with E-state index < -0.39 is 0 Å². The normalized spacial score (nSPS) is 13.1. The van der Waals surface area contributed by atoms with Crippen LogP contribution in [0.2, 0.25) is 0 Å². The number of rotatable bonds is 4. The lowest BCUT2D eigenvalue weighted by molar-refractivity contribution is 0.269. The van der Waals surface area contributed by atoms with E-state index in [4.69, 9.17) is 0 Å². The van der Waals surface area contributed by atoms with E-state index in [1.165, 1.54) is 5.56 Å². The van der Waals surface area contributed by atoms with E-state index >= 15 is 0 Å². The maximum absolute atomic E-state index is 9.92. The molecule has 0 radical (unpaired) electrons. The second-order valence-corrected chi connectivity index (χ2v) is 6.51. The molecule has 2 aromatic rings. The van der Waals surface area contributed by atoms with Crippen molar-refractivity contribution in [2.24, 2.45) is 5.41 Å². The Morgan fingerprint density at radius 3 is 2.38 bits per heavy atom. The first-order valence-electron chi connectivity index (χ1n) is 7.32. The molecule has 1 aromatic carbocycles. The molecule has 2 N–H and O–H groups in total. The van der Waals surface area contributed by atoms with Crippen molar-refractivity contribution in [2.45, 2.75) is 40.3 Å². The third-order valence-corrected chi connectivity index (χ3v) is 3.56. The minimum absolute atomic E-state index is 0.0702. The van der Waals surface area contributed by atoms with Crippen molar-refractivity contribution in [1.29, 1.82) is 0 Å². The zero-order chi connectivity index (χ0) is 15.5. The average molecular weight is 284 g/mol. The van der Waals surface area contributed by atoms with Crippen LogP contribution < -0.4 is 5.32 Å². The molecule has 0 saturated carbocycles. The van der Waals surface area contributed by atoms with Gasteiger partial charge < -0.3 is 10.4 Å². The Morgan fingerprint density at radius 2 is 1.76 bits per heavy atom. The van der Waals surface area contributed by atoms with E-state index in [0.717, 1.165) is 5.69 Å². The molecule has 3 nitrogen and oxygen atoms in total. The second-order valence-electron chi connectivity index (χ2n) is 6.51. The van der Waals surface area contributed by atoms with Gasteiger partial charge in [0.25, 0.3) is 0 Å². The Bertz CT molecular complexity index is 588. The largest absolute Gasteiger partial charge is 0.506 e. The predicted octanol–water partition coefficient (Wildman–Crippen LogP) is 3.97. The van der Waals surface area contributed by atoms with Gasteiger partial charge in [-0.2, -0.15) is 0 Å². The molecule has 0 spiro atoms. The second kappa shape index (κ2) is 6.27. The van der Waals surface area contributed by atoms with Gasteiger partial charge in [0.2, 0.25) is 0 Å². The monoisotopic (exact) mass is 284 g/mol. The quantitative estimate of drug-likeness (QED) is 0.893. The van der Waals surface area contributed by atoms with Crippen LogP contribution in [-0.4, -0.2) is 10.1 Å². The summed E-state index contributed by atoms with van der Waals surface area (Å²) in [4.78, 5) is 4.41. The van der Waals surface area contributed by atoms with Crippen molar-refractivity contribution in [3.63, 3.8) is 0 Å². The summed E-state index contributed by atoms with van der Waals surface area (Å²) in [7, 11) is 0. The van der Waals surface area contributed by atoms with Crippen molar-refractivity contribution in [3.05, 3.63) is 59.4 Å². The van der Waals surface area contributed by atoms with E-state index in [1.54, 1.807) is 6.07 Å². The number of aromatic hydroxyl groups is 1. The lowest BCUT2D eigenvalue weighted by Gasteiger charge is -2.32. The van der Waals surface area contributed by atoms with Gasteiger partial charge in [-0.15, -0.1) is 0 Å². The number of pyridine rings is 1. The average Bonchev–Trinajstić information content (AvgIpc) is 2.42. The molecule has 0 saturated heterocycles. The number of benzene rings is 1. The van der Waals surface area contributed by atoms with Crippen molar-refractivity contribution in [1.82, 2.24) is 10.3 Å². The van der Waals surface area contributed by atoms with Gasteiger partial charge in [0.15, 0.2) is 0 Å². The predicted molar refractivity (Wildman–Crippen MR) is 86.1 cm³/mol. The molecule has 0 bridgehead atoms. The molecule has 21 heavy (non-hydrogen) atoms. The fraction of sp³-hybridized carbons (Fsp3) is 0.389. The standard InChI is InChI=1S/C18H24N2O/c1-13-10-11-16(21)15(20-13)12-19-17(18(2,3)4)14-8-6-5-7-9-14/h5-11,17,19,21H,12H2,1-4H3. The molecular weight excluding hydrogens is 260 g/mol. The molecule has 0 aliphatic carbocycles. The zero-order valence-corrected chi connectivity index (χ0v) is 13.2. The van der Waals surface area contributed by atoms with Crippen LogP contribution in [0.3, 0.4) is 0 Å². The van der Waals surface area contributed by atoms with Gasteiger partial charge in [0.1, 0.15) is 5.75 Å². The number of aryl methyl sites for hydroxylation is 1. The van der Waals surface area contributed by atoms with Crippen LogP contribution in [0.4, 0.5) is 0 Å². The highest BCUT2D eigenvalue weighted by Crippen LogP contribution is 2.33. The first kappa shape index (κ1) is 15.5. The lowest BCUT2D eigenvalue weighted by atomic mass is 9.82. The molecule has 1 unspecified atom stereocenters. The lowest BCUT2D eigenvalue weighted by Crippen LogP contribution is -2.32. The molecule has 2 rings (SSSR count). The molecule has 0 fully saturated rings. The van der Waals surface area contributed by atoms with Crippen LogP contribution in [0.1, 0.15) is 43.8 Å². The van der Waals surface area contributed by atoms with Gasteiger partial charge >= 0.3 is 0 Å². The van der Waals surface area contributed by atoms with Crippen molar-refractivity contribution in [3.8, 4) is 5.75 Å². The minimum atomic E-state index is 0.0702. The third-order valence-electron chi connectivity index (χ3n) is 3.56. The summed E-state index contributed by atoms with van der Waals surface area (Å²) in [6, 6.07) is 14.1. The molecule has 0 aliphatic rings. The van der Waals surface area contributed by atoms with E-state index in [0.29, 0.717) is 12.2 Å². The number of hydrogen-bond donors (Lipinski definition) is 2. The van der Waals surface area contributed by atoms with E-state index in [9.17, 15) is 5.11 Å². The summed E-state index contributed by atoms with van der Waals surface area (Å²) in [6.45, 7) is 9.11. The molecule has 0 amide bonds. The Balaban J connectivity index is 2.19. The summed E-state index contributed by atoms with van der Waals surface area (Å²) >= 11 is 0. The Hall–Kier alpha value is -1.87. The number of aromatic nitrogens is 1. The molecule has 1 aromatic heterocycles. The van der Waals surface area contributed by atoms with Crippen LogP contribution in [0, 0.1) is 12.3 Å². The van der Waals surface area contributed by atoms with Crippen LogP contribution in [0.25, 0.3) is 0 Å². The smallest absolute Gasteiger partial charge is 0.138 e. The Labute approximate surface area is 127 Å². The van der Waals surface area contributed by atoms with Crippen molar-refractivity contribution < 1.29 is 5.11 Å². The van der Waals surface area contributed by atoms with Crippen LogP contribution in [0.5, 0.6) is 5.75 Å². The molecule has 1 atom stereocenters. The summed E-state index contributed by atoms with van der Waals surface area (Å²) in [6.07, 6.45) is 0. The Morgan fingerprint density at radius 1 is 1.10 bits per heavy atom. The molecule has 0 aliphatic heterocycles. The molecule has 1 heterocycles. The number of hydrogen-bond acceptors (Lipinski definition) is 3. The number of nitrogens with zero attached hydrogens (tertiary/aromatic N) is 1. The van der Waals surface area contributed by atoms with Crippen LogP contribution >= 0.6 is 0 Å². The SMILES string of the molecule is Cc1ccc(O)c(CNC(c2ccccc2)C(C)(C)C)n1. The van der Waals surface area contributed by atoms with E-state index in [2.05, 4.69) is 55.3 Å². The van der Waals surface area contributed by atoms with Crippen molar-refractivity contribution >= 4 is 0 Å². The van der Waals surface area contributed by atoms with Crippen molar-refractivity contribution in [2.75, 3.05) is 0 Å². The fourth-order valence-corrected chi connectivity index (χ4v) is 2.50. The minimum Gasteiger partial charge on any atom is -0.506 e. The fourth-order valence-electron chi connectivity index (χ4n) is 2.50. The van der Waals surface area contributed by atoms with Gasteiger partial charge in [-0.05, 0) is 30.0 Å². The topological polar surface area (TPSA) is 45.1 Å². The van der Waals surface area contributed by atoms with Gasteiger partial charge in [-0.1, -0.05) is 51.1 Å². The zero-order valence-electron chi connectivity index (χ0n) is 13.2. The summed E-state index contributed by atoms with van der Waals surface area (Å²) in [5.74, 6) is 0.244.